The van der Waals surface area contributed by atoms with Gasteiger partial charge < -0.3 is 15.8 Å². The van der Waals surface area contributed by atoms with Crippen molar-refractivity contribution in [1.29, 1.82) is 0 Å². The monoisotopic (exact) mass is 226 g/mol. The molecule has 0 bridgehead atoms. The van der Waals surface area contributed by atoms with E-state index in [1.54, 1.807) is 0 Å². The quantitative estimate of drug-likeness (QED) is 0.637. The molecule has 0 atom stereocenters. The molecule has 1 aromatic heterocycles. The van der Waals surface area contributed by atoms with Crippen molar-refractivity contribution >= 4 is 17.6 Å². The van der Waals surface area contributed by atoms with E-state index in [9.17, 15) is 9.59 Å². The van der Waals surface area contributed by atoms with Crippen LogP contribution in [0.25, 0.3) is 0 Å². The lowest BCUT2D eigenvalue weighted by Gasteiger charge is -2.04. The number of hydrogen-bond acceptors (Lipinski definition) is 5. The molecule has 7 nitrogen and oxygen atoms in total. The molecular formula is C9H14N4O3. The first-order chi connectivity index (χ1) is 7.61. The van der Waals surface area contributed by atoms with E-state index in [1.165, 1.54) is 24.1 Å². The molecule has 1 rings (SSSR count). The first-order valence-corrected chi connectivity index (χ1v) is 4.76. The number of nitrogens with zero attached hydrogens (tertiary/aromatic N) is 2. The van der Waals surface area contributed by atoms with E-state index >= 15 is 0 Å². The lowest BCUT2D eigenvalue weighted by Crippen LogP contribution is -2.21. The second kappa shape index (κ2) is 5.74. The van der Waals surface area contributed by atoms with E-state index in [1.807, 2.05) is 0 Å². The first-order valence-electron chi connectivity index (χ1n) is 4.76. The average molecular weight is 226 g/mol. The largest absolute Gasteiger partial charge is 0.464 e. The van der Waals surface area contributed by atoms with Gasteiger partial charge in [-0.3, -0.25) is 14.3 Å². The van der Waals surface area contributed by atoms with Crippen LogP contribution in [0.3, 0.4) is 0 Å². The molecular weight excluding hydrogens is 212 g/mol. The molecule has 0 aliphatic rings. The lowest BCUT2D eigenvalue weighted by atomic mass is 10.4. The van der Waals surface area contributed by atoms with Gasteiger partial charge in [-0.2, -0.15) is 5.10 Å². The zero-order valence-corrected chi connectivity index (χ0v) is 8.97. The van der Waals surface area contributed by atoms with E-state index in [0.717, 1.165) is 0 Å². The number of carbonyl (C=O) groups excluding carboxylic acids is 2. The molecule has 1 aromatic rings. The number of nitrogens with two attached hydrogens (primary N) is 1. The van der Waals surface area contributed by atoms with Gasteiger partial charge in [0.05, 0.1) is 18.3 Å². The predicted octanol–water partition coefficient (Wildman–Crippen LogP) is -0.855. The second-order valence-corrected chi connectivity index (χ2v) is 3.11. The Balaban J connectivity index is 2.23. The van der Waals surface area contributed by atoms with Crippen LogP contribution in [0.5, 0.6) is 0 Å². The third-order valence-corrected chi connectivity index (χ3v) is 1.82. The van der Waals surface area contributed by atoms with Crippen LogP contribution >= 0.6 is 0 Å². The molecule has 0 radical (unpaired) electrons. The Morgan fingerprint density at radius 3 is 2.94 bits per heavy atom. The summed E-state index contributed by atoms with van der Waals surface area (Å²) < 4.78 is 6.20. The van der Waals surface area contributed by atoms with Crippen LogP contribution in [-0.2, 0) is 20.9 Å². The van der Waals surface area contributed by atoms with Gasteiger partial charge in [0, 0.05) is 13.2 Å². The summed E-state index contributed by atoms with van der Waals surface area (Å²) in [7, 11) is 1.52. The number of carbonyl (C=O) groups is 2. The smallest absolute Gasteiger partial charge is 0.327 e. The van der Waals surface area contributed by atoms with Gasteiger partial charge in [-0.1, -0.05) is 0 Å². The maximum absolute atomic E-state index is 11.2. The van der Waals surface area contributed by atoms with Crippen molar-refractivity contribution in [2.75, 3.05) is 19.4 Å². The van der Waals surface area contributed by atoms with E-state index in [-0.39, 0.29) is 25.5 Å². The Kier molecular flexibility index (Phi) is 4.31. The van der Waals surface area contributed by atoms with Gasteiger partial charge in [0.1, 0.15) is 13.2 Å². The zero-order valence-electron chi connectivity index (χ0n) is 8.97. The number of nitrogen functional groups attached to an aromatic ring is 1. The van der Waals surface area contributed by atoms with Crippen molar-refractivity contribution in [2.45, 2.75) is 13.0 Å². The molecule has 0 aromatic carbocycles. The summed E-state index contributed by atoms with van der Waals surface area (Å²) in [6, 6.07) is 0. The molecule has 0 fully saturated rings. The Hall–Kier alpha value is -2.05. The second-order valence-electron chi connectivity index (χ2n) is 3.11. The molecule has 1 heterocycles. The highest BCUT2D eigenvalue weighted by Crippen LogP contribution is 1.98. The summed E-state index contributed by atoms with van der Waals surface area (Å²) in [5, 5.41) is 6.25. The van der Waals surface area contributed by atoms with Gasteiger partial charge in [-0.25, -0.2) is 0 Å². The van der Waals surface area contributed by atoms with E-state index in [4.69, 9.17) is 10.5 Å². The number of hydrogen-bond donors (Lipinski definition) is 2. The topological polar surface area (TPSA) is 99.2 Å². The molecule has 0 saturated carbocycles. The van der Waals surface area contributed by atoms with Gasteiger partial charge in [-0.15, -0.1) is 0 Å². The SMILES string of the molecule is CNC(=O)CCOC(=O)Cn1cc(N)cn1. The van der Waals surface area contributed by atoms with Crippen LogP contribution in [0.4, 0.5) is 5.69 Å². The van der Waals surface area contributed by atoms with E-state index < -0.39 is 5.97 Å². The highest BCUT2D eigenvalue weighted by Gasteiger charge is 2.06. The number of amides is 1. The molecule has 1 amide bonds. The maximum atomic E-state index is 11.2. The van der Waals surface area contributed by atoms with Gasteiger partial charge >= 0.3 is 5.97 Å². The van der Waals surface area contributed by atoms with Crippen molar-refractivity contribution in [3.05, 3.63) is 12.4 Å². The van der Waals surface area contributed by atoms with Crippen LogP contribution < -0.4 is 11.1 Å². The summed E-state index contributed by atoms with van der Waals surface area (Å²) in [6.45, 7) is 0.0558. The molecule has 0 unspecified atom stereocenters. The van der Waals surface area contributed by atoms with Gasteiger partial charge in [-0.05, 0) is 0 Å². The van der Waals surface area contributed by atoms with Gasteiger partial charge in [0.2, 0.25) is 5.91 Å². The zero-order chi connectivity index (χ0) is 12.0. The fourth-order valence-corrected chi connectivity index (χ4v) is 1.03. The number of aromatic nitrogens is 2. The van der Waals surface area contributed by atoms with E-state index in [2.05, 4.69) is 10.4 Å². The number of nitrogens with one attached hydrogen (secondary N) is 1. The third kappa shape index (κ3) is 3.99. The van der Waals surface area contributed by atoms with Crippen LogP contribution in [0.2, 0.25) is 0 Å². The Morgan fingerprint density at radius 1 is 1.62 bits per heavy atom. The Labute approximate surface area is 92.6 Å². The summed E-state index contributed by atoms with van der Waals surface area (Å²) in [4.78, 5) is 22.1. The summed E-state index contributed by atoms with van der Waals surface area (Å²) >= 11 is 0. The van der Waals surface area contributed by atoms with Crippen LogP contribution in [0.1, 0.15) is 6.42 Å². The molecule has 0 saturated heterocycles. The maximum Gasteiger partial charge on any atom is 0.327 e. The minimum absolute atomic E-state index is 0.00898. The Bertz CT molecular complexity index is 375. The molecule has 16 heavy (non-hydrogen) atoms. The predicted molar refractivity (Wildman–Crippen MR) is 56.3 cm³/mol. The summed E-state index contributed by atoms with van der Waals surface area (Å²) in [5.41, 5.74) is 5.91. The summed E-state index contributed by atoms with van der Waals surface area (Å²) in [5.74, 6) is -0.622. The fraction of sp³-hybridized carbons (Fsp3) is 0.444. The molecule has 88 valence electrons. The van der Waals surface area contributed by atoms with Crippen molar-refractivity contribution in [1.82, 2.24) is 15.1 Å². The molecule has 0 aliphatic carbocycles. The average Bonchev–Trinajstić information content (AvgIpc) is 2.63. The highest BCUT2D eigenvalue weighted by atomic mass is 16.5. The van der Waals surface area contributed by atoms with Crippen molar-refractivity contribution in [2.24, 2.45) is 0 Å². The van der Waals surface area contributed by atoms with E-state index in [0.29, 0.717) is 5.69 Å². The molecule has 0 spiro atoms. The third-order valence-electron chi connectivity index (χ3n) is 1.82. The molecule has 7 heteroatoms. The molecule has 0 aliphatic heterocycles. The minimum atomic E-state index is -0.452. The van der Waals surface area contributed by atoms with Crippen LogP contribution in [-0.4, -0.2) is 35.3 Å². The fourth-order valence-electron chi connectivity index (χ4n) is 1.03. The van der Waals surface area contributed by atoms with Gasteiger partial charge in [0.25, 0.3) is 0 Å². The lowest BCUT2D eigenvalue weighted by molar-refractivity contribution is -0.145. The van der Waals surface area contributed by atoms with Gasteiger partial charge in [0.15, 0.2) is 0 Å². The normalized spacial score (nSPS) is 9.81. The van der Waals surface area contributed by atoms with Crippen LogP contribution in [0, 0.1) is 0 Å². The number of esters is 1. The van der Waals surface area contributed by atoms with Crippen LogP contribution in [0.15, 0.2) is 12.4 Å². The molecule has 3 N–H and O–H groups in total. The Morgan fingerprint density at radius 2 is 2.38 bits per heavy atom. The number of rotatable bonds is 5. The minimum Gasteiger partial charge on any atom is -0.464 e. The first kappa shape index (κ1) is 12.0. The number of ether oxygens (including phenoxy) is 1. The summed E-state index contributed by atoms with van der Waals surface area (Å²) in [6.07, 6.45) is 3.13. The highest BCUT2D eigenvalue weighted by molar-refractivity contribution is 5.76. The number of anilines is 1. The van der Waals surface area contributed by atoms with Crippen molar-refractivity contribution in [3.63, 3.8) is 0 Å². The van der Waals surface area contributed by atoms with Crippen molar-refractivity contribution < 1.29 is 14.3 Å². The van der Waals surface area contributed by atoms with Crippen molar-refractivity contribution in [3.8, 4) is 0 Å². The standard InChI is InChI=1S/C9H14N4O3/c1-11-8(14)2-3-16-9(15)6-13-5-7(10)4-12-13/h4-5H,2-3,6,10H2,1H3,(H,11,14).